The second kappa shape index (κ2) is 4.79. The SMILES string of the molecule is CCO[P@@](N)(=O)c1c(C)cc(Br)cc1C. The molecular formula is C10H15BrNO2P. The number of hydrogen-bond acceptors (Lipinski definition) is 2. The lowest BCUT2D eigenvalue weighted by atomic mass is 10.2. The number of benzene rings is 1. The van der Waals surface area contributed by atoms with Crippen LogP contribution in [0.5, 0.6) is 0 Å². The zero-order chi connectivity index (χ0) is 11.6. The van der Waals surface area contributed by atoms with Gasteiger partial charge in [0.25, 0.3) is 7.52 Å². The minimum absolute atomic E-state index is 0.350. The summed E-state index contributed by atoms with van der Waals surface area (Å²) in [6.45, 7) is 5.89. The van der Waals surface area contributed by atoms with Crippen molar-refractivity contribution in [2.75, 3.05) is 6.61 Å². The maximum atomic E-state index is 12.1. The zero-order valence-corrected chi connectivity index (χ0v) is 11.6. The summed E-state index contributed by atoms with van der Waals surface area (Å²) in [4.78, 5) is 0. The van der Waals surface area contributed by atoms with E-state index in [0.29, 0.717) is 11.9 Å². The van der Waals surface area contributed by atoms with E-state index in [1.165, 1.54) is 0 Å². The van der Waals surface area contributed by atoms with E-state index in [4.69, 9.17) is 10.0 Å². The van der Waals surface area contributed by atoms with Crippen molar-refractivity contribution in [3.05, 3.63) is 27.7 Å². The molecular weight excluding hydrogens is 277 g/mol. The molecule has 84 valence electrons. The first kappa shape index (κ1) is 12.9. The molecule has 0 bridgehead atoms. The van der Waals surface area contributed by atoms with Crippen molar-refractivity contribution in [3.63, 3.8) is 0 Å². The molecule has 1 atom stereocenters. The van der Waals surface area contributed by atoms with Crippen LogP contribution in [0.15, 0.2) is 16.6 Å². The number of aryl methyl sites for hydroxylation is 2. The highest BCUT2D eigenvalue weighted by Crippen LogP contribution is 2.39. The van der Waals surface area contributed by atoms with E-state index in [0.717, 1.165) is 15.6 Å². The smallest absolute Gasteiger partial charge is 0.297 e. The Kier molecular flexibility index (Phi) is 4.13. The number of hydrogen-bond donors (Lipinski definition) is 1. The quantitative estimate of drug-likeness (QED) is 0.871. The normalized spacial score (nSPS) is 15.0. The molecule has 1 aromatic rings. The third kappa shape index (κ3) is 2.91. The third-order valence-corrected chi connectivity index (χ3v) is 4.52. The minimum atomic E-state index is -3.16. The standard InChI is InChI=1S/C10H15BrNO2P/c1-4-14-15(12,13)10-7(2)5-9(11)6-8(10)3/h5-6H,4H2,1-3H3,(H2,12,13)/t15-/m0/s1. The van der Waals surface area contributed by atoms with Crippen LogP contribution in [-0.2, 0) is 9.09 Å². The highest BCUT2D eigenvalue weighted by molar-refractivity contribution is 9.10. The number of nitrogens with two attached hydrogens (primary N) is 1. The van der Waals surface area contributed by atoms with Crippen molar-refractivity contribution in [3.8, 4) is 0 Å². The van der Waals surface area contributed by atoms with Crippen LogP contribution in [0.4, 0.5) is 0 Å². The Morgan fingerprint density at radius 2 is 1.87 bits per heavy atom. The summed E-state index contributed by atoms with van der Waals surface area (Å²) >= 11 is 3.38. The summed E-state index contributed by atoms with van der Waals surface area (Å²) in [6, 6.07) is 3.78. The van der Waals surface area contributed by atoms with Crippen molar-refractivity contribution < 1.29 is 9.09 Å². The van der Waals surface area contributed by atoms with E-state index in [2.05, 4.69) is 15.9 Å². The first-order valence-corrected chi connectivity index (χ1v) is 7.17. The Labute approximate surface area is 98.6 Å². The van der Waals surface area contributed by atoms with Crippen LogP contribution in [-0.4, -0.2) is 6.61 Å². The fraction of sp³-hybridized carbons (Fsp3) is 0.400. The molecule has 5 heteroatoms. The molecule has 0 spiro atoms. The van der Waals surface area contributed by atoms with Crippen molar-refractivity contribution in [1.82, 2.24) is 0 Å². The highest BCUT2D eigenvalue weighted by Gasteiger charge is 2.24. The van der Waals surface area contributed by atoms with Crippen molar-refractivity contribution >= 4 is 28.8 Å². The lowest BCUT2D eigenvalue weighted by Gasteiger charge is -2.17. The van der Waals surface area contributed by atoms with Gasteiger partial charge in [0.2, 0.25) is 0 Å². The minimum Gasteiger partial charge on any atom is -0.315 e. The van der Waals surface area contributed by atoms with Gasteiger partial charge in [0.05, 0.1) is 11.9 Å². The van der Waals surface area contributed by atoms with Crippen LogP contribution < -0.4 is 10.8 Å². The molecule has 3 nitrogen and oxygen atoms in total. The van der Waals surface area contributed by atoms with E-state index in [1.54, 1.807) is 6.92 Å². The fourth-order valence-corrected chi connectivity index (χ4v) is 3.96. The second-order valence-electron chi connectivity index (χ2n) is 3.40. The van der Waals surface area contributed by atoms with Crippen molar-refractivity contribution in [2.24, 2.45) is 5.50 Å². The van der Waals surface area contributed by atoms with Gasteiger partial charge in [0.15, 0.2) is 0 Å². The molecule has 15 heavy (non-hydrogen) atoms. The Morgan fingerprint density at radius 3 is 2.27 bits per heavy atom. The van der Waals surface area contributed by atoms with E-state index in [1.807, 2.05) is 26.0 Å². The predicted molar refractivity (Wildman–Crippen MR) is 66.7 cm³/mol. The molecule has 0 unspecified atom stereocenters. The van der Waals surface area contributed by atoms with Gasteiger partial charge in [-0.05, 0) is 44.0 Å². The van der Waals surface area contributed by atoms with Gasteiger partial charge >= 0.3 is 0 Å². The molecule has 1 aromatic carbocycles. The van der Waals surface area contributed by atoms with Gasteiger partial charge < -0.3 is 4.52 Å². The summed E-state index contributed by atoms with van der Waals surface area (Å²) in [5.41, 5.74) is 7.50. The molecule has 0 aliphatic rings. The summed E-state index contributed by atoms with van der Waals surface area (Å²) in [5.74, 6) is 0. The largest absolute Gasteiger partial charge is 0.315 e. The summed E-state index contributed by atoms with van der Waals surface area (Å²) < 4.78 is 18.2. The highest BCUT2D eigenvalue weighted by atomic mass is 79.9. The van der Waals surface area contributed by atoms with Gasteiger partial charge in [-0.15, -0.1) is 0 Å². The lowest BCUT2D eigenvalue weighted by Crippen LogP contribution is -2.20. The molecule has 0 saturated carbocycles. The van der Waals surface area contributed by atoms with E-state index >= 15 is 0 Å². The topological polar surface area (TPSA) is 52.3 Å². The molecule has 0 aliphatic carbocycles. The van der Waals surface area contributed by atoms with Crippen molar-refractivity contribution in [1.29, 1.82) is 0 Å². The monoisotopic (exact) mass is 291 g/mol. The first-order chi connectivity index (χ1) is 6.88. The maximum absolute atomic E-state index is 12.1. The van der Waals surface area contributed by atoms with Crippen LogP contribution in [0, 0.1) is 13.8 Å². The Balaban J connectivity index is 3.31. The van der Waals surface area contributed by atoms with E-state index < -0.39 is 7.52 Å². The first-order valence-electron chi connectivity index (χ1n) is 4.69. The molecule has 2 N–H and O–H groups in total. The van der Waals surface area contributed by atoms with Gasteiger partial charge in [-0.3, -0.25) is 10.1 Å². The second-order valence-corrected chi connectivity index (χ2v) is 6.22. The average molecular weight is 292 g/mol. The third-order valence-electron chi connectivity index (χ3n) is 2.09. The van der Waals surface area contributed by atoms with Gasteiger partial charge in [-0.2, -0.15) is 0 Å². The van der Waals surface area contributed by atoms with Crippen LogP contribution in [0.1, 0.15) is 18.1 Å². The fourth-order valence-electron chi connectivity index (χ4n) is 1.65. The van der Waals surface area contributed by atoms with Crippen LogP contribution in [0.2, 0.25) is 0 Å². The molecule has 0 amide bonds. The molecule has 0 heterocycles. The summed E-state index contributed by atoms with van der Waals surface area (Å²) in [7, 11) is -3.16. The maximum Gasteiger partial charge on any atom is 0.297 e. The van der Waals surface area contributed by atoms with E-state index in [9.17, 15) is 4.57 Å². The van der Waals surface area contributed by atoms with Crippen LogP contribution in [0.3, 0.4) is 0 Å². The van der Waals surface area contributed by atoms with Crippen LogP contribution in [0.25, 0.3) is 0 Å². The molecule has 0 aliphatic heterocycles. The Hall–Kier alpha value is -0.150. The lowest BCUT2D eigenvalue weighted by molar-refractivity contribution is 0.341. The average Bonchev–Trinajstić information content (AvgIpc) is 1.99. The zero-order valence-electron chi connectivity index (χ0n) is 9.08. The van der Waals surface area contributed by atoms with Crippen LogP contribution >= 0.6 is 23.4 Å². The van der Waals surface area contributed by atoms with Gasteiger partial charge in [-0.25, -0.2) is 0 Å². The molecule has 0 fully saturated rings. The predicted octanol–water partition coefficient (Wildman–Crippen LogP) is 2.88. The van der Waals surface area contributed by atoms with Gasteiger partial charge in [0.1, 0.15) is 0 Å². The summed E-state index contributed by atoms with van der Waals surface area (Å²) in [6.07, 6.45) is 0. The summed E-state index contributed by atoms with van der Waals surface area (Å²) in [5, 5.41) is 0.632. The van der Waals surface area contributed by atoms with E-state index in [-0.39, 0.29) is 0 Å². The molecule has 0 saturated heterocycles. The Morgan fingerprint density at radius 1 is 1.40 bits per heavy atom. The number of halogens is 1. The van der Waals surface area contributed by atoms with Gasteiger partial charge in [0, 0.05) is 4.47 Å². The van der Waals surface area contributed by atoms with Crippen molar-refractivity contribution in [2.45, 2.75) is 20.8 Å². The number of rotatable bonds is 3. The van der Waals surface area contributed by atoms with Gasteiger partial charge in [-0.1, -0.05) is 15.9 Å². The molecule has 0 aromatic heterocycles. The molecule has 1 rings (SSSR count). The Bertz CT molecular complexity index is 397. The molecule has 0 radical (unpaired) electrons.